The molecule has 0 unspecified atom stereocenters. The van der Waals surface area contributed by atoms with Crippen molar-refractivity contribution in [2.24, 2.45) is 0 Å². The van der Waals surface area contributed by atoms with Crippen molar-refractivity contribution in [2.45, 2.75) is 52.7 Å². The third kappa shape index (κ3) is 7.41. The number of hydrogen-bond donors (Lipinski definition) is 1. The first kappa shape index (κ1) is 25.5. The van der Waals surface area contributed by atoms with Gasteiger partial charge in [-0.3, -0.25) is 9.59 Å². The number of hydrogen-bond acceptors (Lipinski definition) is 3. The molecule has 0 radical (unpaired) electrons. The van der Waals surface area contributed by atoms with Crippen LogP contribution in [0.2, 0.25) is 10.0 Å². The molecule has 0 aromatic heterocycles. The minimum atomic E-state index is -0.639. The Morgan fingerprint density at radius 1 is 1.13 bits per heavy atom. The lowest BCUT2D eigenvalue weighted by molar-refractivity contribution is -0.143. The Morgan fingerprint density at radius 2 is 1.84 bits per heavy atom. The van der Waals surface area contributed by atoms with Crippen LogP contribution in [0.1, 0.15) is 38.3 Å². The standard InChI is InChI=1S/C23H27BrCl2N2O3/c1-5-21(23(30)27-14(2)3)28(12-16-6-9-19(25)20(26)11-16)22(29)13-31-17-7-8-18(24)15(4)10-17/h6-11,14,21H,5,12-13H2,1-4H3,(H,27,30)/t21-/m0/s1. The molecule has 8 heteroatoms. The molecule has 0 fully saturated rings. The average molecular weight is 530 g/mol. The number of amides is 2. The maximum absolute atomic E-state index is 13.2. The van der Waals surface area contributed by atoms with Gasteiger partial charge >= 0.3 is 0 Å². The van der Waals surface area contributed by atoms with Crippen LogP contribution in [0.4, 0.5) is 0 Å². The molecule has 31 heavy (non-hydrogen) atoms. The zero-order valence-electron chi connectivity index (χ0n) is 18.0. The molecule has 2 rings (SSSR count). The van der Waals surface area contributed by atoms with Crippen molar-refractivity contribution in [1.82, 2.24) is 10.2 Å². The fraction of sp³-hybridized carbons (Fsp3) is 0.391. The molecule has 1 atom stereocenters. The minimum Gasteiger partial charge on any atom is -0.484 e. The van der Waals surface area contributed by atoms with E-state index in [0.717, 1.165) is 15.6 Å². The summed E-state index contributed by atoms with van der Waals surface area (Å²) in [4.78, 5) is 27.5. The van der Waals surface area contributed by atoms with Crippen LogP contribution >= 0.6 is 39.1 Å². The van der Waals surface area contributed by atoms with Crippen LogP contribution in [0.3, 0.4) is 0 Å². The van der Waals surface area contributed by atoms with E-state index in [9.17, 15) is 9.59 Å². The summed E-state index contributed by atoms with van der Waals surface area (Å²) in [5, 5.41) is 3.73. The summed E-state index contributed by atoms with van der Waals surface area (Å²) >= 11 is 15.6. The second kappa shape index (κ2) is 11.7. The van der Waals surface area contributed by atoms with Gasteiger partial charge in [-0.15, -0.1) is 0 Å². The van der Waals surface area contributed by atoms with E-state index in [1.54, 1.807) is 24.3 Å². The molecular formula is C23H27BrCl2N2O3. The van der Waals surface area contributed by atoms with Crippen LogP contribution in [-0.2, 0) is 16.1 Å². The van der Waals surface area contributed by atoms with Crippen LogP contribution in [0, 0.1) is 6.92 Å². The molecular weight excluding hydrogens is 503 g/mol. The van der Waals surface area contributed by atoms with Crippen molar-refractivity contribution in [3.63, 3.8) is 0 Å². The van der Waals surface area contributed by atoms with Crippen molar-refractivity contribution < 1.29 is 14.3 Å². The van der Waals surface area contributed by atoms with Gasteiger partial charge in [-0.2, -0.15) is 0 Å². The molecule has 168 valence electrons. The first-order valence-corrected chi connectivity index (χ1v) is 11.6. The Labute approximate surface area is 202 Å². The van der Waals surface area contributed by atoms with Gasteiger partial charge in [0.15, 0.2) is 6.61 Å². The number of nitrogens with one attached hydrogen (secondary N) is 1. The van der Waals surface area contributed by atoms with E-state index in [2.05, 4.69) is 21.2 Å². The van der Waals surface area contributed by atoms with E-state index >= 15 is 0 Å². The summed E-state index contributed by atoms with van der Waals surface area (Å²) in [5.74, 6) is 0.0889. The van der Waals surface area contributed by atoms with Gasteiger partial charge in [-0.05, 0) is 68.7 Å². The van der Waals surface area contributed by atoms with E-state index in [-0.39, 0.29) is 31.0 Å². The van der Waals surface area contributed by atoms with Gasteiger partial charge in [0.05, 0.1) is 10.0 Å². The van der Waals surface area contributed by atoms with Crippen LogP contribution in [0.15, 0.2) is 40.9 Å². The Kier molecular flexibility index (Phi) is 9.66. The fourth-order valence-electron chi connectivity index (χ4n) is 3.07. The van der Waals surface area contributed by atoms with E-state index in [4.69, 9.17) is 27.9 Å². The number of aryl methyl sites for hydroxylation is 1. The molecule has 2 aromatic carbocycles. The highest BCUT2D eigenvalue weighted by Gasteiger charge is 2.29. The molecule has 0 saturated carbocycles. The lowest BCUT2D eigenvalue weighted by Gasteiger charge is -2.31. The number of ether oxygens (including phenoxy) is 1. The summed E-state index contributed by atoms with van der Waals surface area (Å²) < 4.78 is 6.69. The average Bonchev–Trinajstić information content (AvgIpc) is 2.70. The van der Waals surface area contributed by atoms with Gasteiger partial charge in [0.2, 0.25) is 5.91 Å². The molecule has 0 saturated heterocycles. The van der Waals surface area contributed by atoms with Crippen molar-refractivity contribution in [2.75, 3.05) is 6.61 Å². The summed E-state index contributed by atoms with van der Waals surface area (Å²) in [6.45, 7) is 7.61. The van der Waals surface area contributed by atoms with Gasteiger partial charge < -0.3 is 15.0 Å². The highest BCUT2D eigenvalue weighted by atomic mass is 79.9. The van der Waals surface area contributed by atoms with Gasteiger partial charge in [-0.25, -0.2) is 0 Å². The number of nitrogens with zero attached hydrogens (tertiary/aromatic N) is 1. The number of rotatable bonds is 9. The number of carbonyl (C=O) groups is 2. The van der Waals surface area contributed by atoms with Crippen LogP contribution in [-0.4, -0.2) is 35.4 Å². The molecule has 0 heterocycles. The van der Waals surface area contributed by atoms with Crippen molar-refractivity contribution >= 4 is 50.9 Å². The maximum Gasteiger partial charge on any atom is 0.261 e. The number of benzene rings is 2. The monoisotopic (exact) mass is 528 g/mol. The molecule has 2 aromatic rings. The predicted molar refractivity (Wildman–Crippen MR) is 129 cm³/mol. The SMILES string of the molecule is CC[C@@H](C(=O)NC(C)C)N(Cc1ccc(Cl)c(Cl)c1)C(=O)COc1ccc(Br)c(C)c1. The van der Waals surface area contributed by atoms with Crippen LogP contribution < -0.4 is 10.1 Å². The van der Waals surface area contributed by atoms with Crippen LogP contribution in [0.25, 0.3) is 0 Å². The van der Waals surface area contributed by atoms with Crippen molar-refractivity contribution in [1.29, 1.82) is 0 Å². The maximum atomic E-state index is 13.2. The quantitative estimate of drug-likeness (QED) is 0.448. The Hall–Kier alpha value is -1.76. The zero-order chi connectivity index (χ0) is 23.1. The van der Waals surface area contributed by atoms with E-state index in [1.165, 1.54) is 4.90 Å². The van der Waals surface area contributed by atoms with Crippen molar-refractivity contribution in [3.05, 3.63) is 62.0 Å². The smallest absolute Gasteiger partial charge is 0.261 e. The van der Waals surface area contributed by atoms with E-state index < -0.39 is 6.04 Å². The second-order valence-electron chi connectivity index (χ2n) is 7.56. The first-order chi connectivity index (χ1) is 14.6. The molecule has 0 aliphatic carbocycles. The van der Waals surface area contributed by atoms with Gasteiger partial charge in [-0.1, -0.05) is 52.1 Å². The van der Waals surface area contributed by atoms with Gasteiger partial charge in [0, 0.05) is 17.1 Å². The predicted octanol–water partition coefficient (Wildman–Crippen LogP) is 5.78. The Bertz CT molecular complexity index is 937. The summed E-state index contributed by atoms with van der Waals surface area (Å²) in [5.41, 5.74) is 1.78. The topological polar surface area (TPSA) is 58.6 Å². The van der Waals surface area contributed by atoms with Gasteiger partial charge in [0.25, 0.3) is 5.91 Å². The highest BCUT2D eigenvalue weighted by Crippen LogP contribution is 2.25. The normalized spacial score (nSPS) is 11.9. The lowest BCUT2D eigenvalue weighted by Crippen LogP contribution is -2.51. The van der Waals surface area contributed by atoms with Gasteiger partial charge in [0.1, 0.15) is 11.8 Å². The molecule has 0 spiro atoms. The Morgan fingerprint density at radius 3 is 2.42 bits per heavy atom. The minimum absolute atomic E-state index is 0.0366. The third-order valence-electron chi connectivity index (χ3n) is 4.65. The zero-order valence-corrected chi connectivity index (χ0v) is 21.1. The molecule has 0 aliphatic heterocycles. The highest BCUT2D eigenvalue weighted by molar-refractivity contribution is 9.10. The molecule has 5 nitrogen and oxygen atoms in total. The molecule has 1 N–H and O–H groups in total. The molecule has 0 aliphatic rings. The third-order valence-corrected chi connectivity index (χ3v) is 6.27. The summed E-state index contributed by atoms with van der Waals surface area (Å²) in [7, 11) is 0. The first-order valence-electron chi connectivity index (χ1n) is 10.0. The molecule has 2 amide bonds. The fourth-order valence-corrected chi connectivity index (χ4v) is 3.64. The van der Waals surface area contributed by atoms with Crippen molar-refractivity contribution in [3.8, 4) is 5.75 Å². The number of halogens is 3. The largest absolute Gasteiger partial charge is 0.484 e. The summed E-state index contributed by atoms with van der Waals surface area (Å²) in [6.07, 6.45) is 0.461. The van der Waals surface area contributed by atoms with Crippen LogP contribution in [0.5, 0.6) is 5.75 Å². The second-order valence-corrected chi connectivity index (χ2v) is 9.23. The lowest BCUT2D eigenvalue weighted by atomic mass is 10.1. The van der Waals surface area contributed by atoms with E-state index in [1.807, 2.05) is 39.8 Å². The Balaban J connectivity index is 2.25. The number of carbonyl (C=O) groups excluding carboxylic acids is 2. The summed E-state index contributed by atoms with van der Waals surface area (Å²) in [6, 6.07) is 10.0. The molecule has 0 bridgehead atoms. The van der Waals surface area contributed by atoms with E-state index in [0.29, 0.717) is 22.2 Å².